The molecule has 2 unspecified atom stereocenters. The first kappa shape index (κ1) is 13.0. The lowest BCUT2D eigenvalue weighted by Crippen LogP contribution is -2.45. The maximum absolute atomic E-state index is 12.1. The number of hydrogen-bond donors (Lipinski definition) is 1. The fourth-order valence-electron chi connectivity index (χ4n) is 2.07. The highest BCUT2D eigenvalue weighted by Crippen LogP contribution is 2.22. The van der Waals surface area contributed by atoms with Crippen LogP contribution in [0.15, 0.2) is 12.4 Å². The van der Waals surface area contributed by atoms with Gasteiger partial charge >= 0.3 is 0 Å². The summed E-state index contributed by atoms with van der Waals surface area (Å²) in [7, 11) is 1.87. The zero-order valence-corrected chi connectivity index (χ0v) is 10.9. The standard InChI is InChI=1S/C12H20N4O2/c1-9(5-13)12(17)16-3-4-18-11(8-16)10-6-14-15(2)7-10/h6-7,9,11H,3-5,8,13H2,1-2H3. The van der Waals surface area contributed by atoms with E-state index in [2.05, 4.69) is 5.10 Å². The molecule has 0 bridgehead atoms. The highest BCUT2D eigenvalue weighted by Gasteiger charge is 2.28. The lowest BCUT2D eigenvalue weighted by molar-refractivity contribution is -0.142. The molecule has 0 radical (unpaired) electrons. The van der Waals surface area contributed by atoms with Crippen molar-refractivity contribution >= 4 is 5.91 Å². The molecule has 6 heteroatoms. The molecular formula is C12H20N4O2. The van der Waals surface area contributed by atoms with E-state index in [4.69, 9.17) is 10.5 Å². The number of carbonyl (C=O) groups excluding carboxylic acids is 1. The van der Waals surface area contributed by atoms with Crippen LogP contribution in [0.3, 0.4) is 0 Å². The van der Waals surface area contributed by atoms with Gasteiger partial charge in [0.15, 0.2) is 0 Å². The van der Waals surface area contributed by atoms with Gasteiger partial charge in [0, 0.05) is 37.8 Å². The third-order valence-electron chi connectivity index (χ3n) is 3.25. The average molecular weight is 252 g/mol. The number of ether oxygens (including phenoxy) is 1. The minimum absolute atomic E-state index is 0.0821. The predicted octanol–water partition coefficient (Wildman–Crippen LogP) is -0.0852. The van der Waals surface area contributed by atoms with E-state index in [9.17, 15) is 4.79 Å². The minimum Gasteiger partial charge on any atom is -0.370 e. The minimum atomic E-state index is -0.127. The van der Waals surface area contributed by atoms with Crippen LogP contribution in [0.25, 0.3) is 0 Å². The summed E-state index contributed by atoms with van der Waals surface area (Å²) in [4.78, 5) is 13.9. The van der Waals surface area contributed by atoms with Crippen LogP contribution in [0.5, 0.6) is 0 Å². The second kappa shape index (κ2) is 5.49. The number of morpholine rings is 1. The van der Waals surface area contributed by atoms with Gasteiger partial charge in [0.1, 0.15) is 6.10 Å². The molecule has 2 heterocycles. The highest BCUT2D eigenvalue weighted by atomic mass is 16.5. The number of hydrogen-bond acceptors (Lipinski definition) is 4. The van der Waals surface area contributed by atoms with E-state index < -0.39 is 0 Å². The third kappa shape index (κ3) is 2.70. The Hall–Kier alpha value is -1.40. The quantitative estimate of drug-likeness (QED) is 0.816. The van der Waals surface area contributed by atoms with Gasteiger partial charge in [0.25, 0.3) is 0 Å². The number of aryl methyl sites for hydroxylation is 1. The predicted molar refractivity (Wildman–Crippen MR) is 66.7 cm³/mol. The molecule has 1 fully saturated rings. The molecule has 0 spiro atoms. The fraction of sp³-hybridized carbons (Fsp3) is 0.667. The topological polar surface area (TPSA) is 73.4 Å². The second-order valence-corrected chi connectivity index (χ2v) is 4.73. The Morgan fingerprint density at radius 2 is 2.50 bits per heavy atom. The van der Waals surface area contributed by atoms with Crippen LogP contribution >= 0.6 is 0 Å². The van der Waals surface area contributed by atoms with Crippen molar-refractivity contribution in [3.8, 4) is 0 Å². The largest absolute Gasteiger partial charge is 0.370 e. The zero-order valence-electron chi connectivity index (χ0n) is 10.9. The van der Waals surface area contributed by atoms with Crippen molar-refractivity contribution < 1.29 is 9.53 Å². The normalized spacial score (nSPS) is 21.9. The van der Waals surface area contributed by atoms with Gasteiger partial charge < -0.3 is 15.4 Å². The molecule has 100 valence electrons. The molecule has 2 N–H and O–H groups in total. The van der Waals surface area contributed by atoms with Crippen LogP contribution in [0.1, 0.15) is 18.6 Å². The molecule has 1 saturated heterocycles. The van der Waals surface area contributed by atoms with Crippen LogP contribution < -0.4 is 5.73 Å². The fourth-order valence-corrected chi connectivity index (χ4v) is 2.07. The molecule has 1 aromatic rings. The van der Waals surface area contributed by atoms with Crippen LogP contribution in [0, 0.1) is 5.92 Å². The maximum atomic E-state index is 12.1. The van der Waals surface area contributed by atoms with Gasteiger partial charge in [-0.15, -0.1) is 0 Å². The smallest absolute Gasteiger partial charge is 0.226 e. The number of nitrogens with zero attached hydrogens (tertiary/aromatic N) is 3. The third-order valence-corrected chi connectivity index (χ3v) is 3.25. The summed E-state index contributed by atoms with van der Waals surface area (Å²) in [5.74, 6) is -0.0210. The SMILES string of the molecule is CC(CN)C(=O)N1CCOC(c2cnn(C)c2)C1. The molecule has 1 aliphatic heterocycles. The molecule has 0 aromatic carbocycles. The number of rotatable bonds is 3. The van der Waals surface area contributed by atoms with E-state index in [1.165, 1.54) is 0 Å². The van der Waals surface area contributed by atoms with Crippen molar-refractivity contribution in [2.45, 2.75) is 13.0 Å². The van der Waals surface area contributed by atoms with E-state index in [-0.39, 0.29) is 17.9 Å². The summed E-state index contributed by atoms with van der Waals surface area (Å²) in [5, 5.41) is 4.13. The summed E-state index contributed by atoms with van der Waals surface area (Å²) in [6.45, 7) is 4.02. The molecule has 1 amide bonds. The van der Waals surface area contributed by atoms with E-state index in [1.54, 1.807) is 10.9 Å². The first-order valence-corrected chi connectivity index (χ1v) is 6.20. The first-order valence-electron chi connectivity index (χ1n) is 6.20. The summed E-state index contributed by atoms with van der Waals surface area (Å²) >= 11 is 0. The van der Waals surface area contributed by atoms with Crippen LogP contribution in [-0.4, -0.2) is 46.8 Å². The number of nitrogens with two attached hydrogens (primary N) is 1. The summed E-state index contributed by atoms with van der Waals surface area (Å²) in [6, 6.07) is 0. The Kier molecular flexibility index (Phi) is 3.98. The van der Waals surface area contributed by atoms with E-state index in [0.717, 1.165) is 5.56 Å². The molecule has 1 aliphatic rings. The molecular weight excluding hydrogens is 232 g/mol. The van der Waals surface area contributed by atoms with Crippen molar-refractivity contribution in [1.29, 1.82) is 0 Å². The molecule has 6 nitrogen and oxygen atoms in total. The monoisotopic (exact) mass is 252 g/mol. The average Bonchev–Trinajstić information content (AvgIpc) is 2.84. The summed E-state index contributed by atoms with van der Waals surface area (Å²) < 4.78 is 7.43. The van der Waals surface area contributed by atoms with E-state index in [1.807, 2.05) is 25.1 Å². The number of amides is 1. The van der Waals surface area contributed by atoms with Crippen LogP contribution in [-0.2, 0) is 16.6 Å². The van der Waals surface area contributed by atoms with Gasteiger partial charge in [-0.05, 0) is 0 Å². The molecule has 0 saturated carbocycles. The Balaban J connectivity index is 2.02. The van der Waals surface area contributed by atoms with Crippen molar-refractivity contribution in [3.05, 3.63) is 18.0 Å². The van der Waals surface area contributed by atoms with Gasteiger partial charge in [-0.3, -0.25) is 9.48 Å². The van der Waals surface area contributed by atoms with Gasteiger partial charge in [0.2, 0.25) is 5.91 Å². The molecule has 2 rings (SSSR count). The second-order valence-electron chi connectivity index (χ2n) is 4.73. The number of carbonyl (C=O) groups is 1. The first-order chi connectivity index (χ1) is 8.61. The van der Waals surface area contributed by atoms with E-state index >= 15 is 0 Å². The molecule has 0 aliphatic carbocycles. The van der Waals surface area contributed by atoms with Crippen molar-refractivity contribution in [3.63, 3.8) is 0 Å². The van der Waals surface area contributed by atoms with Crippen molar-refractivity contribution in [1.82, 2.24) is 14.7 Å². The summed E-state index contributed by atoms with van der Waals surface area (Å²) in [5.41, 5.74) is 6.55. The Morgan fingerprint density at radius 3 is 3.11 bits per heavy atom. The maximum Gasteiger partial charge on any atom is 0.226 e. The Morgan fingerprint density at radius 1 is 1.72 bits per heavy atom. The van der Waals surface area contributed by atoms with Gasteiger partial charge in [-0.1, -0.05) is 6.92 Å². The Labute approximate surface area is 107 Å². The van der Waals surface area contributed by atoms with Crippen LogP contribution in [0.4, 0.5) is 0 Å². The lowest BCUT2D eigenvalue weighted by Gasteiger charge is -2.34. The molecule has 1 aromatic heterocycles. The molecule has 18 heavy (non-hydrogen) atoms. The molecule has 2 atom stereocenters. The Bertz CT molecular complexity index is 418. The van der Waals surface area contributed by atoms with Crippen molar-refractivity contribution in [2.24, 2.45) is 18.7 Å². The van der Waals surface area contributed by atoms with Gasteiger partial charge in [-0.25, -0.2) is 0 Å². The summed E-state index contributed by atoms with van der Waals surface area (Å²) in [6.07, 6.45) is 3.62. The lowest BCUT2D eigenvalue weighted by atomic mass is 10.1. The van der Waals surface area contributed by atoms with Crippen molar-refractivity contribution in [2.75, 3.05) is 26.2 Å². The highest BCUT2D eigenvalue weighted by molar-refractivity contribution is 5.78. The van der Waals surface area contributed by atoms with Gasteiger partial charge in [-0.2, -0.15) is 5.10 Å². The van der Waals surface area contributed by atoms with Crippen LogP contribution in [0.2, 0.25) is 0 Å². The van der Waals surface area contributed by atoms with E-state index in [0.29, 0.717) is 26.2 Å². The van der Waals surface area contributed by atoms with Gasteiger partial charge in [0.05, 0.1) is 19.3 Å². The number of aromatic nitrogens is 2. The zero-order chi connectivity index (χ0) is 13.1.